The zero-order valence-corrected chi connectivity index (χ0v) is 12.0. The average Bonchev–Trinajstić information content (AvgIpc) is 3.03. The summed E-state index contributed by atoms with van der Waals surface area (Å²) in [5.74, 6) is -0.483. The highest BCUT2D eigenvalue weighted by Crippen LogP contribution is 2.32. The Kier molecular flexibility index (Phi) is 3.58. The highest BCUT2D eigenvalue weighted by atomic mass is 16.5. The summed E-state index contributed by atoms with van der Waals surface area (Å²) in [4.78, 5) is 23.3. The van der Waals surface area contributed by atoms with Crippen LogP contribution in [0.2, 0.25) is 0 Å². The lowest BCUT2D eigenvalue weighted by molar-refractivity contribution is -0.136. The fourth-order valence-corrected chi connectivity index (χ4v) is 2.58. The summed E-state index contributed by atoms with van der Waals surface area (Å²) in [5.41, 5.74) is 1.81. The molecular formula is C16H15NO5. The van der Waals surface area contributed by atoms with Crippen LogP contribution in [0.25, 0.3) is 0 Å². The smallest absolute Gasteiger partial charge is 0.311 e. The lowest BCUT2D eigenvalue weighted by Crippen LogP contribution is -2.30. The molecule has 3 rings (SSSR count). The van der Waals surface area contributed by atoms with E-state index >= 15 is 0 Å². The number of furan rings is 1. The molecule has 6 nitrogen and oxygen atoms in total. The molecule has 0 saturated carbocycles. The third-order valence-corrected chi connectivity index (χ3v) is 3.60. The van der Waals surface area contributed by atoms with Gasteiger partial charge in [-0.1, -0.05) is 18.2 Å². The minimum absolute atomic E-state index is 0.162. The molecule has 0 fully saturated rings. The number of rotatable bonds is 4. The van der Waals surface area contributed by atoms with E-state index in [0.29, 0.717) is 12.2 Å². The summed E-state index contributed by atoms with van der Waals surface area (Å²) in [6.45, 7) is 2.07. The van der Waals surface area contributed by atoms with E-state index in [0.717, 1.165) is 11.3 Å². The zero-order valence-electron chi connectivity index (χ0n) is 12.0. The number of carbonyl (C=O) groups is 2. The summed E-state index contributed by atoms with van der Waals surface area (Å²) in [5, 5.41) is 11.8. The SMILES string of the molecule is Cc1coc(CC(=O)O)c1C(=O)NC1COc2ccccc21. The molecule has 1 aromatic carbocycles. The van der Waals surface area contributed by atoms with Gasteiger partial charge in [0, 0.05) is 11.1 Å². The molecule has 2 heterocycles. The number of para-hydroxylation sites is 1. The third kappa shape index (κ3) is 2.55. The molecule has 1 aliphatic heterocycles. The number of hydrogen-bond donors (Lipinski definition) is 2. The van der Waals surface area contributed by atoms with Gasteiger partial charge in [-0.25, -0.2) is 0 Å². The van der Waals surface area contributed by atoms with Crippen molar-refractivity contribution in [3.05, 3.63) is 53.0 Å². The van der Waals surface area contributed by atoms with Crippen LogP contribution in [0.4, 0.5) is 0 Å². The Hall–Kier alpha value is -2.76. The fraction of sp³-hybridized carbons (Fsp3) is 0.250. The van der Waals surface area contributed by atoms with Gasteiger partial charge in [0.05, 0.1) is 17.9 Å². The molecule has 1 amide bonds. The number of ether oxygens (including phenoxy) is 1. The summed E-state index contributed by atoms with van der Waals surface area (Å²) in [6.07, 6.45) is 1.07. The number of fused-ring (bicyclic) bond motifs is 1. The Balaban J connectivity index is 1.81. The predicted octanol–water partition coefficient (Wildman–Crippen LogP) is 2.08. The molecule has 2 N–H and O–H groups in total. The maximum atomic E-state index is 12.5. The van der Waals surface area contributed by atoms with Crippen LogP contribution in [0.3, 0.4) is 0 Å². The van der Waals surface area contributed by atoms with Gasteiger partial charge in [0.1, 0.15) is 24.5 Å². The lowest BCUT2D eigenvalue weighted by atomic mass is 10.1. The Morgan fingerprint density at radius 3 is 2.91 bits per heavy atom. The van der Waals surface area contributed by atoms with Gasteiger partial charge in [-0.05, 0) is 13.0 Å². The number of carboxylic acids is 1. The van der Waals surface area contributed by atoms with Crippen molar-refractivity contribution in [3.63, 3.8) is 0 Å². The maximum absolute atomic E-state index is 12.5. The van der Waals surface area contributed by atoms with Gasteiger partial charge in [-0.3, -0.25) is 9.59 Å². The average molecular weight is 301 g/mol. The van der Waals surface area contributed by atoms with Gasteiger partial charge in [-0.15, -0.1) is 0 Å². The minimum atomic E-state index is -1.04. The van der Waals surface area contributed by atoms with E-state index in [1.54, 1.807) is 6.92 Å². The van der Waals surface area contributed by atoms with Gasteiger partial charge in [0.15, 0.2) is 0 Å². The van der Waals surface area contributed by atoms with Crippen molar-refractivity contribution in [1.29, 1.82) is 0 Å². The third-order valence-electron chi connectivity index (χ3n) is 3.60. The van der Waals surface area contributed by atoms with Gasteiger partial charge < -0.3 is 19.6 Å². The molecule has 2 aromatic rings. The highest BCUT2D eigenvalue weighted by molar-refractivity contribution is 5.97. The Labute approximate surface area is 126 Å². The molecule has 1 aromatic heterocycles. The van der Waals surface area contributed by atoms with Crippen molar-refractivity contribution in [2.24, 2.45) is 0 Å². The van der Waals surface area contributed by atoms with Gasteiger partial charge in [0.2, 0.25) is 0 Å². The van der Waals surface area contributed by atoms with Gasteiger partial charge >= 0.3 is 5.97 Å². The monoisotopic (exact) mass is 301 g/mol. The topological polar surface area (TPSA) is 88.8 Å². The molecule has 1 aliphatic rings. The van der Waals surface area contributed by atoms with Crippen LogP contribution in [0.5, 0.6) is 5.75 Å². The molecule has 0 spiro atoms. The number of carboxylic acid groups (broad SMARTS) is 1. The largest absolute Gasteiger partial charge is 0.491 e. The standard InChI is InChI=1S/C16H15NO5/c1-9-7-21-13(6-14(18)19)15(9)16(20)17-11-8-22-12-5-3-2-4-10(11)12/h2-5,7,11H,6,8H2,1H3,(H,17,20)(H,18,19). The molecule has 0 saturated heterocycles. The van der Waals surface area contributed by atoms with Crippen molar-refractivity contribution in [2.75, 3.05) is 6.61 Å². The first kappa shape index (κ1) is 14.2. The number of hydrogen-bond acceptors (Lipinski definition) is 4. The van der Waals surface area contributed by atoms with Crippen molar-refractivity contribution >= 4 is 11.9 Å². The van der Waals surface area contributed by atoms with Crippen LogP contribution in [-0.4, -0.2) is 23.6 Å². The number of aliphatic carboxylic acids is 1. The van der Waals surface area contributed by atoms with Crippen LogP contribution in [-0.2, 0) is 11.2 Å². The van der Waals surface area contributed by atoms with Crippen LogP contribution in [0, 0.1) is 6.92 Å². The maximum Gasteiger partial charge on any atom is 0.311 e. The van der Waals surface area contributed by atoms with E-state index in [-0.39, 0.29) is 29.7 Å². The minimum Gasteiger partial charge on any atom is -0.491 e. The number of carbonyl (C=O) groups excluding carboxylic acids is 1. The Morgan fingerprint density at radius 1 is 1.36 bits per heavy atom. The normalized spacial score (nSPS) is 16.0. The molecule has 114 valence electrons. The van der Waals surface area contributed by atoms with E-state index in [1.807, 2.05) is 24.3 Å². The van der Waals surface area contributed by atoms with Crippen LogP contribution in [0.15, 0.2) is 34.9 Å². The fourth-order valence-electron chi connectivity index (χ4n) is 2.58. The molecule has 22 heavy (non-hydrogen) atoms. The quantitative estimate of drug-likeness (QED) is 0.902. The number of aryl methyl sites for hydroxylation is 1. The summed E-state index contributed by atoms with van der Waals surface area (Å²) >= 11 is 0. The first-order valence-electron chi connectivity index (χ1n) is 6.87. The second-order valence-electron chi connectivity index (χ2n) is 5.16. The number of amides is 1. The van der Waals surface area contributed by atoms with E-state index < -0.39 is 5.97 Å². The van der Waals surface area contributed by atoms with Crippen LogP contribution in [0.1, 0.15) is 33.3 Å². The summed E-state index contributed by atoms with van der Waals surface area (Å²) in [7, 11) is 0. The first-order chi connectivity index (χ1) is 10.6. The Morgan fingerprint density at radius 2 is 2.14 bits per heavy atom. The van der Waals surface area contributed by atoms with E-state index in [2.05, 4.69) is 5.32 Å². The molecule has 0 radical (unpaired) electrons. The van der Waals surface area contributed by atoms with Crippen LogP contribution >= 0.6 is 0 Å². The van der Waals surface area contributed by atoms with Crippen molar-refractivity contribution in [2.45, 2.75) is 19.4 Å². The second-order valence-corrected chi connectivity index (χ2v) is 5.16. The second kappa shape index (κ2) is 5.55. The molecule has 0 aliphatic carbocycles. The molecule has 1 atom stereocenters. The Bertz CT molecular complexity index is 734. The molecule has 6 heteroatoms. The molecule has 1 unspecified atom stereocenters. The van der Waals surface area contributed by atoms with Crippen LogP contribution < -0.4 is 10.1 Å². The van der Waals surface area contributed by atoms with Gasteiger partial charge in [0.25, 0.3) is 5.91 Å². The molecular weight excluding hydrogens is 286 g/mol. The zero-order chi connectivity index (χ0) is 15.7. The summed E-state index contributed by atoms with van der Waals surface area (Å²) in [6, 6.07) is 7.24. The first-order valence-corrected chi connectivity index (χ1v) is 6.87. The van der Waals surface area contributed by atoms with E-state index in [4.69, 9.17) is 14.3 Å². The summed E-state index contributed by atoms with van der Waals surface area (Å²) < 4.78 is 10.7. The lowest BCUT2D eigenvalue weighted by Gasteiger charge is -2.12. The number of nitrogens with one attached hydrogen (secondary N) is 1. The number of benzene rings is 1. The predicted molar refractivity (Wildman–Crippen MR) is 76.9 cm³/mol. The van der Waals surface area contributed by atoms with Crippen molar-refractivity contribution in [1.82, 2.24) is 5.32 Å². The molecule has 0 bridgehead atoms. The highest BCUT2D eigenvalue weighted by Gasteiger charge is 2.28. The van der Waals surface area contributed by atoms with Gasteiger partial charge in [-0.2, -0.15) is 0 Å². The van der Waals surface area contributed by atoms with E-state index in [9.17, 15) is 9.59 Å². The van der Waals surface area contributed by atoms with E-state index in [1.165, 1.54) is 6.26 Å². The van der Waals surface area contributed by atoms with Crippen molar-refractivity contribution in [3.8, 4) is 5.75 Å². The van der Waals surface area contributed by atoms with Crippen molar-refractivity contribution < 1.29 is 23.8 Å².